The van der Waals surface area contributed by atoms with E-state index in [4.69, 9.17) is 5.11 Å². The maximum atomic E-state index is 10.8. The molecular formula is C11H16N2O2. The molecule has 1 atom stereocenters. The fourth-order valence-electron chi connectivity index (χ4n) is 2.24. The molecule has 1 N–H and O–H groups in total. The molecule has 0 amide bonds. The molecule has 2 rings (SSSR count). The summed E-state index contributed by atoms with van der Waals surface area (Å²) >= 11 is 0. The Bertz CT molecular complexity index is 396. The number of aromatic nitrogens is 2. The van der Waals surface area contributed by atoms with Gasteiger partial charge in [-0.25, -0.2) is 0 Å². The van der Waals surface area contributed by atoms with Crippen molar-refractivity contribution in [3.63, 3.8) is 0 Å². The largest absolute Gasteiger partial charge is 0.481 e. The Labute approximate surface area is 88.9 Å². The third-order valence-electron chi connectivity index (χ3n) is 3.12. The summed E-state index contributed by atoms with van der Waals surface area (Å²) in [4.78, 5) is 10.8. The van der Waals surface area contributed by atoms with E-state index in [2.05, 4.69) is 5.10 Å². The van der Waals surface area contributed by atoms with Crippen LogP contribution in [0.25, 0.3) is 0 Å². The molecular weight excluding hydrogens is 192 g/mol. The van der Waals surface area contributed by atoms with Crippen LogP contribution in [0.3, 0.4) is 0 Å². The van der Waals surface area contributed by atoms with Crippen molar-refractivity contribution in [1.82, 2.24) is 9.78 Å². The van der Waals surface area contributed by atoms with Gasteiger partial charge in [-0.15, -0.1) is 0 Å². The maximum Gasteiger partial charge on any atom is 0.306 e. The molecule has 1 heterocycles. The smallest absolute Gasteiger partial charge is 0.306 e. The topological polar surface area (TPSA) is 55.1 Å². The van der Waals surface area contributed by atoms with E-state index in [-0.39, 0.29) is 5.92 Å². The van der Waals surface area contributed by atoms with Crippen molar-refractivity contribution in [2.45, 2.75) is 32.6 Å². The van der Waals surface area contributed by atoms with Gasteiger partial charge in [-0.3, -0.25) is 9.48 Å². The summed E-state index contributed by atoms with van der Waals surface area (Å²) in [5.74, 6) is -1.09. The highest BCUT2D eigenvalue weighted by Gasteiger charge is 2.23. The average molecular weight is 208 g/mol. The highest BCUT2D eigenvalue weighted by atomic mass is 16.4. The Morgan fingerprint density at radius 1 is 1.60 bits per heavy atom. The van der Waals surface area contributed by atoms with Gasteiger partial charge in [0, 0.05) is 19.2 Å². The molecule has 15 heavy (non-hydrogen) atoms. The lowest BCUT2D eigenvalue weighted by Gasteiger charge is -2.04. The van der Waals surface area contributed by atoms with Crippen molar-refractivity contribution >= 4 is 5.97 Å². The molecule has 0 aromatic carbocycles. The highest BCUT2D eigenvalue weighted by molar-refractivity contribution is 5.69. The summed E-state index contributed by atoms with van der Waals surface area (Å²) in [5.41, 5.74) is 3.58. The average Bonchev–Trinajstić information content (AvgIpc) is 2.72. The van der Waals surface area contributed by atoms with Crippen molar-refractivity contribution in [2.75, 3.05) is 0 Å². The molecule has 0 fully saturated rings. The number of carbonyl (C=O) groups is 1. The Hall–Kier alpha value is -1.32. The first-order valence-corrected chi connectivity index (χ1v) is 5.36. The number of fused-ring (bicyclic) bond motifs is 1. The number of carboxylic acid groups (broad SMARTS) is 1. The van der Waals surface area contributed by atoms with E-state index in [0.717, 1.165) is 18.5 Å². The van der Waals surface area contributed by atoms with E-state index in [1.807, 2.05) is 11.7 Å². The number of hydrogen-bond donors (Lipinski definition) is 1. The Balaban J connectivity index is 2.22. The number of aliphatic carboxylic acids is 1. The predicted octanol–water partition coefficient (Wildman–Crippen LogP) is 1.17. The number of aryl methyl sites for hydroxylation is 1. The minimum absolute atomic E-state index is 0.343. The van der Waals surface area contributed by atoms with Gasteiger partial charge in [0.25, 0.3) is 0 Å². The van der Waals surface area contributed by atoms with E-state index >= 15 is 0 Å². The first-order valence-electron chi connectivity index (χ1n) is 5.36. The van der Waals surface area contributed by atoms with Crippen molar-refractivity contribution in [2.24, 2.45) is 13.0 Å². The molecule has 82 valence electrons. The predicted molar refractivity (Wildman–Crippen MR) is 55.7 cm³/mol. The minimum Gasteiger partial charge on any atom is -0.481 e. The van der Waals surface area contributed by atoms with Crippen LogP contribution in [-0.2, 0) is 31.1 Å². The second-order valence-electron chi connectivity index (χ2n) is 4.29. The molecule has 1 aliphatic rings. The van der Waals surface area contributed by atoms with Crippen LogP contribution in [0.15, 0.2) is 0 Å². The SMILES string of the molecule is CC(Cc1nn(C)c2c1CCC2)C(=O)O. The van der Waals surface area contributed by atoms with E-state index in [0.29, 0.717) is 6.42 Å². The molecule has 0 saturated heterocycles. The summed E-state index contributed by atoms with van der Waals surface area (Å²) in [6, 6.07) is 0. The quantitative estimate of drug-likeness (QED) is 0.811. The molecule has 0 aliphatic heterocycles. The maximum absolute atomic E-state index is 10.8. The standard InChI is InChI=1S/C11H16N2O2/c1-7(11(14)15)6-9-8-4-3-5-10(8)13(2)12-9/h7H,3-6H2,1-2H3,(H,14,15). The molecule has 4 nitrogen and oxygen atoms in total. The summed E-state index contributed by atoms with van der Waals surface area (Å²) in [5, 5.41) is 13.3. The zero-order valence-corrected chi connectivity index (χ0v) is 9.16. The van der Waals surface area contributed by atoms with Crippen molar-refractivity contribution in [3.05, 3.63) is 17.0 Å². The molecule has 1 aromatic heterocycles. The summed E-state index contributed by atoms with van der Waals surface area (Å²) in [6.45, 7) is 1.73. The van der Waals surface area contributed by atoms with Crippen LogP contribution in [0, 0.1) is 5.92 Å². The second kappa shape index (κ2) is 3.68. The fraction of sp³-hybridized carbons (Fsp3) is 0.636. The van der Waals surface area contributed by atoms with Crippen molar-refractivity contribution in [3.8, 4) is 0 Å². The van der Waals surface area contributed by atoms with Crippen LogP contribution in [0.5, 0.6) is 0 Å². The van der Waals surface area contributed by atoms with Crippen LogP contribution in [0.4, 0.5) is 0 Å². The van der Waals surface area contributed by atoms with Gasteiger partial charge in [0.05, 0.1) is 11.6 Å². The molecule has 1 aromatic rings. The van der Waals surface area contributed by atoms with Gasteiger partial charge in [-0.2, -0.15) is 5.10 Å². The van der Waals surface area contributed by atoms with Crippen LogP contribution in [-0.4, -0.2) is 20.9 Å². The van der Waals surface area contributed by atoms with Gasteiger partial charge < -0.3 is 5.11 Å². The third-order valence-corrected chi connectivity index (χ3v) is 3.12. The van der Waals surface area contributed by atoms with Gasteiger partial charge in [0.2, 0.25) is 0 Å². The van der Waals surface area contributed by atoms with E-state index in [9.17, 15) is 4.79 Å². The highest BCUT2D eigenvalue weighted by Crippen LogP contribution is 2.26. The normalized spacial score (nSPS) is 16.4. The molecule has 0 bridgehead atoms. The van der Waals surface area contributed by atoms with E-state index in [1.165, 1.54) is 17.7 Å². The van der Waals surface area contributed by atoms with E-state index in [1.54, 1.807) is 6.92 Å². The summed E-state index contributed by atoms with van der Waals surface area (Å²) in [7, 11) is 1.94. The number of nitrogens with zero attached hydrogens (tertiary/aromatic N) is 2. The van der Waals surface area contributed by atoms with Crippen LogP contribution in [0.2, 0.25) is 0 Å². The van der Waals surface area contributed by atoms with Gasteiger partial charge in [0.15, 0.2) is 0 Å². The minimum atomic E-state index is -0.743. The number of carboxylic acids is 1. The lowest BCUT2D eigenvalue weighted by molar-refractivity contribution is -0.141. The Morgan fingerprint density at radius 2 is 2.33 bits per heavy atom. The molecule has 0 radical (unpaired) electrons. The van der Waals surface area contributed by atoms with E-state index < -0.39 is 5.97 Å². The van der Waals surface area contributed by atoms with Gasteiger partial charge >= 0.3 is 5.97 Å². The van der Waals surface area contributed by atoms with Crippen LogP contribution in [0.1, 0.15) is 30.3 Å². The number of hydrogen-bond acceptors (Lipinski definition) is 2. The van der Waals surface area contributed by atoms with Gasteiger partial charge in [-0.1, -0.05) is 6.92 Å². The summed E-state index contributed by atoms with van der Waals surface area (Å²) in [6.07, 6.45) is 3.87. The Morgan fingerprint density at radius 3 is 3.00 bits per heavy atom. The lowest BCUT2D eigenvalue weighted by Crippen LogP contribution is -2.13. The van der Waals surface area contributed by atoms with Crippen molar-refractivity contribution < 1.29 is 9.90 Å². The van der Waals surface area contributed by atoms with Crippen molar-refractivity contribution in [1.29, 1.82) is 0 Å². The lowest BCUT2D eigenvalue weighted by atomic mass is 10.0. The van der Waals surface area contributed by atoms with Crippen LogP contribution < -0.4 is 0 Å². The fourth-order valence-corrected chi connectivity index (χ4v) is 2.24. The molecule has 4 heteroatoms. The zero-order chi connectivity index (χ0) is 11.0. The first-order chi connectivity index (χ1) is 7.09. The molecule has 1 unspecified atom stereocenters. The monoisotopic (exact) mass is 208 g/mol. The first kappa shape index (κ1) is 10.2. The number of rotatable bonds is 3. The third kappa shape index (κ3) is 1.76. The van der Waals surface area contributed by atoms with Crippen LogP contribution >= 0.6 is 0 Å². The molecule has 0 spiro atoms. The van der Waals surface area contributed by atoms with Gasteiger partial charge in [0.1, 0.15) is 0 Å². The summed E-state index contributed by atoms with van der Waals surface area (Å²) < 4.78 is 1.91. The second-order valence-corrected chi connectivity index (χ2v) is 4.29. The molecule has 0 saturated carbocycles. The van der Waals surface area contributed by atoms with Gasteiger partial charge in [-0.05, 0) is 24.8 Å². The zero-order valence-electron chi connectivity index (χ0n) is 9.16. The molecule has 1 aliphatic carbocycles. The Kier molecular flexibility index (Phi) is 2.50.